The van der Waals surface area contributed by atoms with E-state index in [2.05, 4.69) is 4.98 Å². The lowest BCUT2D eigenvalue weighted by Gasteiger charge is -2.15. The van der Waals surface area contributed by atoms with Crippen LogP contribution >= 0.6 is 0 Å². The second-order valence-electron chi connectivity index (χ2n) is 4.02. The zero-order chi connectivity index (χ0) is 12.8. The maximum atomic E-state index is 5.41. The summed E-state index contributed by atoms with van der Waals surface area (Å²) >= 11 is 0. The quantitative estimate of drug-likeness (QED) is 0.808. The lowest BCUT2D eigenvalue weighted by Crippen LogP contribution is -2.08. The van der Waals surface area contributed by atoms with Crippen LogP contribution in [0.3, 0.4) is 0 Å². The molecule has 0 saturated carbocycles. The Morgan fingerprint density at radius 3 is 2.56 bits per heavy atom. The predicted molar refractivity (Wildman–Crippen MR) is 71.3 cm³/mol. The predicted octanol–water partition coefficient (Wildman–Crippen LogP) is 3.08. The van der Waals surface area contributed by atoms with E-state index in [-0.39, 0.29) is 6.10 Å². The number of methoxy groups -OCH3 is 2. The van der Waals surface area contributed by atoms with Crippen LogP contribution in [-0.4, -0.2) is 25.8 Å². The molecule has 0 N–H and O–H groups in total. The molecular formula is C15H17NO2. The van der Waals surface area contributed by atoms with Gasteiger partial charge < -0.3 is 9.47 Å². The van der Waals surface area contributed by atoms with Gasteiger partial charge in [0, 0.05) is 26.0 Å². The fourth-order valence-electron chi connectivity index (χ4n) is 1.87. The van der Waals surface area contributed by atoms with Gasteiger partial charge in [0.1, 0.15) is 6.10 Å². The lowest BCUT2D eigenvalue weighted by atomic mass is 10.1. The van der Waals surface area contributed by atoms with Gasteiger partial charge in [0.25, 0.3) is 0 Å². The van der Waals surface area contributed by atoms with Gasteiger partial charge in [0.2, 0.25) is 0 Å². The summed E-state index contributed by atoms with van der Waals surface area (Å²) in [6.45, 7) is 0.536. The average molecular weight is 243 g/mol. The molecule has 3 heteroatoms. The van der Waals surface area contributed by atoms with Crippen molar-refractivity contribution in [3.05, 3.63) is 54.2 Å². The zero-order valence-electron chi connectivity index (χ0n) is 10.7. The van der Waals surface area contributed by atoms with Gasteiger partial charge in [-0.2, -0.15) is 0 Å². The summed E-state index contributed by atoms with van der Waals surface area (Å²) in [5.74, 6) is 0. The van der Waals surface area contributed by atoms with Crippen LogP contribution in [0.5, 0.6) is 0 Å². The van der Waals surface area contributed by atoms with Gasteiger partial charge in [-0.3, -0.25) is 4.98 Å². The minimum atomic E-state index is -0.0551. The average Bonchev–Trinajstić information content (AvgIpc) is 2.46. The summed E-state index contributed by atoms with van der Waals surface area (Å²) in [6.07, 6.45) is 1.75. The molecule has 1 atom stereocenters. The Labute approximate surface area is 107 Å². The third kappa shape index (κ3) is 2.94. The molecule has 0 aliphatic carbocycles. The van der Waals surface area contributed by atoms with Crippen molar-refractivity contribution < 1.29 is 9.47 Å². The number of rotatable bonds is 5. The first-order valence-corrected chi connectivity index (χ1v) is 5.88. The van der Waals surface area contributed by atoms with Crippen molar-refractivity contribution >= 4 is 0 Å². The Balaban J connectivity index is 2.30. The fourth-order valence-corrected chi connectivity index (χ4v) is 1.87. The number of aromatic nitrogens is 1. The summed E-state index contributed by atoms with van der Waals surface area (Å²) in [6, 6.07) is 14.1. The van der Waals surface area contributed by atoms with Crippen LogP contribution in [0.1, 0.15) is 11.7 Å². The number of ether oxygens (including phenoxy) is 2. The summed E-state index contributed by atoms with van der Waals surface area (Å²) in [5, 5.41) is 0. The van der Waals surface area contributed by atoms with Crippen molar-refractivity contribution in [1.29, 1.82) is 0 Å². The van der Waals surface area contributed by atoms with E-state index >= 15 is 0 Å². The van der Waals surface area contributed by atoms with Crippen LogP contribution in [0.15, 0.2) is 48.7 Å². The molecule has 0 aliphatic rings. The largest absolute Gasteiger partial charge is 0.382 e. The number of nitrogens with zero attached hydrogens (tertiary/aromatic N) is 1. The van der Waals surface area contributed by atoms with E-state index in [0.717, 1.165) is 16.8 Å². The highest BCUT2D eigenvalue weighted by atomic mass is 16.5. The monoisotopic (exact) mass is 243 g/mol. The van der Waals surface area contributed by atoms with Crippen molar-refractivity contribution in [3.8, 4) is 11.3 Å². The lowest BCUT2D eigenvalue weighted by molar-refractivity contribution is 0.0274. The Hall–Kier alpha value is -1.71. The maximum Gasteiger partial charge on any atom is 0.106 e. The van der Waals surface area contributed by atoms with E-state index < -0.39 is 0 Å². The Morgan fingerprint density at radius 2 is 1.89 bits per heavy atom. The van der Waals surface area contributed by atoms with Crippen molar-refractivity contribution in [3.63, 3.8) is 0 Å². The molecule has 1 unspecified atom stereocenters. The molecule has 0 saturated heterocycles. The Bertz CT molecular complexity index is 485. The highest BCUT2D eigenvalue weighted by molar-refractivity contribution is 5.59. The first-order chi connectivity index (χ1) is 8.85. The minimum absolute atomic E-state index is 0.0551. The van der Waals surface area contributed by atoms with Crippen molar-refractivity contribution in [2.75, 3.05) is 20.8 Å². The fraction of sp³-hybridized carbons (Fsp3) is 0.267. The molecule has 1 aromatic carbocycles. The van der Waals surface area contributed by atoms with Crippen LogP contribution in [0.25, 0.3) is 11.3 Å². The second kappa shape index (κ2) is 6.28. The number of pyridine rings is 1. The molecule has 0 fully saturated rings. The van der Waals surface area contributed by atoms with Crippen molar-refractivity contribution in [1.82, 2.24) is 4.98 Å². The Morgan fingerprint density at radius 1 is 1.11 bits per heavy atom. The van der Waals surface area contributed by atoms with Gasteiger partial charge in [-0.25, -0.2) is 0 Å². The van der Waals surface area contributed by atoms with E-state index in [1.807, 2.05) is 42.5 Å². The molecule has 2 aromatic rings. The Kier molecular flexibility index (Phi) is 4.45. The molecule has 0 spiro atoms. The maximum absolute atomic E-state index is 5.41. The minimum Gasteiger partial charge on any atom is -0.382 e. The van der Waals surface area contributed by atoms with Crippen LogP contribution < -0.4 is 0 Å². The summed E-state index contributed by atoms with van der Waals surface area (Å²) in [5.41, 5.74) is 3.13. The molecule has 18 heavy (non-hydrogen) atoms. The molecule has 0 bridgehead atoms. The van der Waals surface area contributed by atoms with Gasteiger partial charge >= 0.3 is 0 Å². The molecule has 0 radical (unpaired) electrons. The normalized spacial score (nSPS) is 12.3. The molecule has 3 nitrogen and oxygen atoms in total. The van der Waals surface area contributed by atoms with E-state index in [1.165, 1.54) is 0 Å². The molecular weight excluding hydrogens is 226 g/mol. The first kappa shape index (κ1) is 12.7. The third-order valence-electron chi connectivity index (χ3n) is 2.83. The molecule has 0 aliphatic heterocycles. The summed E-state index contributed by atoms with van der Waals surface area (Å²) < 4.78 is 10.6. The molecule has 0 amide bonds. The number of hydrogen-bond donors (Lipinski definition) is 0. The van der Waals surface area contributed by atoms with Gasteiger partial charge in [0.05, 0.1) is 12.3 Å². The van der Waals surface area contributed by atoms with E-state index in [9.17, 15) is 0 Å². The van der Waals surface area contributed by atoms with Crippen LogP contribution in [0.4, 0.5) is 0 Å². The highest BCUT2D eigenvalue weighted by Crippen LogP contribution is 2.22. The molecule has 1 heterocycles. The summed E-state index contributed by atoms with van der Waals surface area (Å²) in [7, 11) is 3.36. The number of benzene rings is 1. The van der Waals surface area contributed by atoms with E-state index in [1.54, 1.807) is 20.4 Å². The van der Waals surface area contributed by atoms with Crippen LogP contribution in [-0.2, 0) is 9.47 Å². The third-order valence-corrected chi connectivity index (χ3v) is 2.83. The van der Waals surface area contributed by atoms with Crippen molar-refractivity contribution in [2.45, 2.75) is 6.10 Å². The standard InChI is InChI=1S/C15H17NO2/c1-17-11-15(18-2)13-8-9-16-14(10-13)12-6-4-3-5-7-12/h3-10,15H,11H2,1-2H3. The van der Waals surface area contributed by atoms with Gasteiger partial charge in [0.15, 0.2) is 0 Å². The van der Waals surface area contributed by atoms with E-state index in [0.29, 0.717) is 6.61 Å². The first-order valence-electron chi connectivity index (χ1n) is 5.88. The van der Waals surface area contributed by atoms with Gasteiger partial charge in [-0.15, -0.1) is 0 Å². The van der Waals surface area contributed by atoms with Crippen LogP contribution in [0.2, 0.25) is 0 Å². The second-order valence-corrected chi connectivity index (χ2v) is 4.02. The molecule has 94 valence electrons. The van der Waals surface area contributed by atoms with Crippen molar-refractivity contribution in [2.24, 2.45) is 0 Å². The zero-order valence-corrected chi connectivity index (χ0v) is 10.7. The topological polar surface area (TPSA) is 31.4 Å². The van der Waals surface area contributed by atoms with Gasteiger partial charge in [-0.1, -0.05) is 30.3 Å². The summed E-state index contributed by atoms with van der Waals surface area (Å²) in [4.78, 5) is 4.39. The molecule has 1 aromatic heterocycles. The van der Waals surface area contributed by atoms with E-state index in [4.69, 9.17) is 9.47 Å². The SMILES string of the molecule is COCC(OC)c1ccnc(-c2ccccc2)c1. The highest BCUT2D eigenvalue weighted by Gasteiger charge is 2.11. The number of hydrogen-bond acceptors (Lipinski definition) is 3. The smallest absolute Gasteiger partial charge is 0.106 e. The van der Waals surface area contributed by atoms with Gasteiger partial charge in [-0.05, 0) is 17.7 Å². The molecule has 2 rings (SSSR count). The van der Waals surface area contributed by atoms with Crippen LogP contribution in [0, 0.1) is 0 Å².